The molecular formula is C40H82O. The summed E-state index contributed by atoms with van der Waals surface area (Å²) in [5.74, 6) is 0. The summed E-state index contributed by atoms with van der Waals surface area (Å²) in [5, 5.41) is 0. The fourth-order valence-electron chi connectivity index (χ4n) is 6.50. The van der Waals surface area contributed by atoms with E-state index in [-0.39, 0.29) is 0 Å². The molecule has 0 aliphatic carbocycles. The van der Waals surface area contributed by atoms with Gasteiger partial charge in [-0.05, 0) is 25.7 Å². The van der Waals surface area contributed by atoms with Crippen molar-refractivity contribution < 1.29 is 4.74 Å². The van der Waals surface area contributed by atoms with E-state index >= 15 is 0 Å². The standard InChI is InChI=1S/C40H82O/c1-5-9-13-17-19-21-23-25-29-33-37-39(35-31-27-15-11-7-3)41-40(36-32-28-16-12-8-4)38-34-30-26-24-22-20-18-14-10-6-2/h39-40H,5-38H2,1-4H3. The third-order valence-corrected chi connectivity index (χ3v) is 9.40. The maximum absolute atomic E-state index is 7.03. The summed E-state index contributed by atoms with van der Waals surface area (Å²) in [5.41, 5.74) is 0. The van der Waals surface area contributed by atoms with E-state index in [0.29, 0.717) is 12.2 Å². The largest absolute Gasteiger partial charge is 0.375 e. The molecule has 0 amide bonds. The minimum Gasteiger partial charge on any atom is -0.375 e. The zero-order chi connectivity index (χ0) is 29.9. The van der Waals surface area contributed by atoms with E-state index in [9.17, 15) is 0 Å². The lowest BCUT2D eigenvalue weighted by molar-refractivity contribution is -0.0324. The van der Waals surface area contributed by atoms with Gasteiger partial charge in [-0.3, -0.25) is 0 Å². The van der Waals surface area contributed by atoms with Crippen molar-refractivity contribution in [3.8, 4) is 0 Å². The lowest BCUT2D eigenvalue weighted by atomic mass is 9.99. The molecule has 0 heterocycles. The average Bonchev–Trinajstić information content (AvgIpc) is 2.98. The van der Waals surface area contributed by atoms with Gasteiger partial charge in [0.1, 0.15) is 0 Å². The third kappa shape index (κ3) is 32.7. The van der Waals surface area contributed by atoms with Crippen LogP contribution in [-0.4, -0.2) is 12.2 Å². The zero-order valence-corrected chi connectivity index (χ0v) is 29.6. The Morgan fingerprint density at radius 1 is 0.244 bits per heavy atom. The van der Waals surface area contributed by atoms with Crippen LogP contribution in [0.4, 0.5) is 0 Å². The first-order valence-electron chi connectivity index (χ1n) is 19.9. The fourth-order valence-corrected chi connectivity index (χ4v) is 6.50. The molecule has 0 rings (SSSR count). The van der Waals surface area contributed by atoms with Gasteiger partial charge >= 0.3 is 0 Å². The maximum atomic E-state index is 7.03. The molecule has 0 aromatic carbocycles. The lowest BCUT2D eigenvalue weighted by Gasteiger charge is -2.26. The molecule has 1 heteroatoms. The molecule has 0 bridgehead atoms. The van der Waals surface area contributed by atoms with Crippen LogP contribution in [0.15, 0.2) is 0 Å². The molecule has 0 N–H and O–H groups in total. The first-order chi connectivity index (χ1) is 20.3. The molecule has 0 aliphatic rings. The highest BCUT2D eigenvalue weighted by Crippen LogP contribution is 2.23. The number of hydrogen-bond acceptors (Lipinski definition) is 1. The van der Waals surface area contributed by atoms with Crippen LogP contribution in [0.5, 0.6) is 0 Å². The molecule has 0 aliphatic heterocycles. The molecule has 0 fully saturated rings. The predicted molar refractivity (Wildman–Crippen MR) is 188 cm³/mol. The van der Waals surface area contributed by atoms with Gasteiger partial charge in [0.2, 0.25) is 0 Å². The van der Waals surface area contributed by atoms with Crippen LogP contribution < -0.4 is 0 Å². The Labute approximate surface area is 262 Å². The monoisotopic (exact) mass is 579 g/mol. The summed E-state index contributed by atoms with van der Waals surface area (Å²) in [4.78, 5) is 0. The van der Waals surface area contributed by atoms with Gasteiger partial charge in [-0.2, -0.15) is 0 Å². The number of hydrogen-bond donors (Lipinski definition) is 0. The quantitative estimate of drug-likeness (QED) is 0.0672. The van der Waals surface area contributed by atoms with Crippen molar-refractivity contribution in [2.75, 3.05) is 0 Å². The van der Waals surface area contributed by atoms with E-state index in [1.165, 1.54) is 218 Å². The van der Waals surface area contributed by atoms with E-state index in [1.54, 1.807) is 0 Å². The molecule has 248 valence electrons. The van der Waals surface area contributed by atoms with Crippen LogP contribution >= 0.6 is 0 Å². The molecule has 0 radical (unpaired) electrons. The Kier molecular flexibility index (Phi) is 36.1. The second kappa shape index (κ2) is 36.2. The summed E-state index contributed by atoms with van der Waals surface area (Å²) in [6.45, 7) is 9.29. The average molecular weight is 579 g/mol. The number of rotatable bonds is 36. The Morgan fingerprint density at radius 3 is 0.610 bits per heavy atom. The molecule has 0 spiro atoms. The van der Waals surface area contributed by atoms with Crippen LogP contribution in [-0.2, 0) is 4.74 Å². The maximum Gasteiger partial charge on any atom is 0.0578 e. The van der Waals surface area contributed by atoms with Crippen LogP contribution in [0, 0.1) is 0 Å². The highest BCUT2D eigenvalue weighted by atomic mass is 16.5. The summed E-state index contributed by atoms with van der Waals surface area (Å²) >= 11 is 0. The highest BCUT2D eigenvalue weighted by Gasteiger charge is 2.17. The van der Waals surface area contributed by atoms with Gasteiger partial charge in [0.05, 0.1) is 12.2 Å². The molecule has 2 unspecified atom stereocenters. The van der Waals surface area contributed by atoms with Crippen LogP contribution in [0.3, 0.4) is 0 Å². The van der Waals surface area contributed by atoms with Crippen molar-refractivity contribution in [1.82, 2.24) is 0 Å². The zero-order valence-electron chi connectivity index (χ0n) is 29.6. The van der Waals surface area contributed by atoms with E-state index < -0.39 is 0 Å². The molecule has 0 aromatic rings. The van der Waals surface area contributed by atoms with Crippen molar-refractivity contribution in [3.63, 3.8) is 0 Å². The summed E-state index contributed by atoms with van der Waals surface area (Å²) < 4.78 is 7.03. The van der Waals surface area contributed by atoms with E-state index in [4.69, 9.17) is 4.74 Å². The van der Waals surface area contributed by atoms with Crippen LogP contribution in [0.2, 0.25) is 0 Å². The van der Waals surface area contributed by atoms with Crippen molar-refractivity contribution in [2.45, 2.75) is 258 Å². The Balaban J connectivity index is 4.49. The molecule has 0 aromatic heterocycles. The normalized spacial score (nSPS) is 13.2. The minimum atomic E-state index is 0.523. The van der Waals surface area contributed by atoms with Gasteiger partial charge in [-0.15, -0.1) is 0 Å². The molecule has 2 atom stereocenters. The van der Waals surface area contributed by atoms with E-state index in [0.717, 1.165) is 0 Å². The van der Waals surface area contributed by atoms with Gasteiger partial charge in [-0.1, -0.05) is 220 Å². The minimum absolute atomic E-state index is 0.523. The van der Waals surface area contributed by atoms with E-state index in [2.05, 4.69) is 27.7 Å². The summed E-state index contributed by atoms with van der Waals surface area (Å²) in [6.07, 6.45) is 48.8. The Bertz CT molecular complexity index is 406. The Hall–Kier alpha value is -0.0400. The van der Waals surface area contributed by atoms with Gasteiger partial charge in [0, 0.05) is 0 Å². The van der Waals surface area contributed by atoms with E-state index in [1.807, 2.05) is 0 Å². The highest BCUT2D eigenvalue weighted by molar-refractivity contribution is 4.67. The second-order valence-corrected chi connectivity index (χ2v) is 13.7. The topological polar surface area (TPSA) is 9.23 Å². The molecule has 41 heavy (non-hydrogen) atoms. The van der Waals surface area contributed by atoms with Gasteiger partial charge < -0.3 is 4.74 Å². The van der Waals surface area contributed by atoms with Gasteiger partial charge in [-0.25, -0.2) is 0 Å². The molecule has 0 saturated heterocycles. The predicted octanol–water partition coefficient (Wildman–Crippen LogP) is 15.1. The number of ether oxygens (including phenoxy) is 1. The first-order valence-corrected chi connectivity index (χ1v) is 19.9. The van der Waals surface area contributed by atoms with Crippen LogP contribution in [0.25, 0.3) is 0 Å². The molecule has 0 saturated carbocycles. The van der Waals surface area contributed by atoms with Crippen molar-refractivity contribution in [3.05, 3.63) is 0 Å². The third-order valence-electron chi connectivity index (χ3n) is 9.40. The molecule has 1 nitrogen and oxygen atoms in total. The smallest absolute Gasteiger partial charge is 0.0578 e. The summed E-state index contributed by atoms with van der Waals surface area (Å²) in [6, 6.07) is 0. The number of unbranched alkanes of at least 4 members (excludes halogenated alkanes) is 26. The summed E-state index contributed by atoms with van der Waals surface area (Å²) in [7, 11) is 0. The van der Waals surface area contributed by atoms with Crippen molar-refractivity contribution >= 4 is 0 Å². The van der Waals surface area contributed by atoms with Gasteiger partial charge in [0.15, 0.2) is 0 Å². The van der Waals surface area contributed by atoms with Crippen molar-refractivity contribution in [2.24, 2.45) is 0 Å². The van der Waals surface area contributed by atoms with Crippen LogP contribution in [0.1, 0.15) is 246 Å². The van der Waals surface area contributed by atoms with Gasteiger partial charge in [0.25, 0.3) is 0 Å². The fraction of sp³-hybridized carbons (Fsp3) is 1.00. The SMILES string of the molecule is CCCCCCCCCCCCC(CCCCCCC)OC(CCCCCCC)CCCCCCCCCCCC. The Morgan fingerprint density at radius 2 is 0.415 bits per heavy atom. The first kappa shape index (κ1) is 41.0. The molecular weight excluding hydrogens is 496 g/mol. The van der Waals surface area contributed by atoms with Crippen molar-refractivity contribution in [1.29, 1.82) is 0 Å². The lowest BCUT2D eigenvalue weighted by Crippen LogP contribution is -2.23. The second-order valence-electron chi connectivity index (χ2n) is 13.7.